The summed E-state index contributed by atoms with van der Waals surface area (Å²) in [6.45, 7) is 1.54. The first-order valence-corrected chi connectivity index (χ1v) is 8.47. The Morgan fingerprint density at radius 1 is 1.00 bits per heavy atom. The highest BCUT2D eigenvalue weighted by Gasteiger charge is 2.32. The van der Waals surface area contributed by atoms with Gasteiger partial charge in [0.05, 0.1) is 12.3 Å². The van der Waals surface area contributed by atoms with Gasteiger partial charge in [-0.1, -0.05) is 42.5 Å². The average molecular weight is 509 g/mol. The molecule has 28 heavy (non-hydrogen) atoms. The van der Waals surface area contributed by atoms with Gasteiger partial charge in [0.15, 0.2) is 11.7 Å². The molecule has 154 valence electrons. The van der Waals surface area contributed by atoms with Gasteiger partial charge in [-0.25, -0.2) is 0 Å². The number of rotatable bonds is 9. The van der Waals surface area contributed by atoms with Gasteiger partial charge < -0.3 is 20.5 Å². The molecule has 0 radical (unpaired) electrons. The molecule has 0 aliphatic heterocycles. The van der Waals surface area contributed by atoms with Crippen molar-refractivity contribution < 1.29 is 22.6 Å². The summed E-state index contributed by atoms with van der Waals surface area (Å²) in [6.07, 6.45) is -3.29. The van der Waals surface area contributed by atoms with Crippen molar-refractivity contribution in [3.8, 4) is 5.75 Å². The summed E-state index contributed by atoms with van der Waals surface area (Å²) in [5.41, 5.74) is 7.02. The zero-order valence-electron chi connectivity index (χ0n) is 15.1. The van der Waals surface area contributed by atoms with Crippen LogP contribution in [0.2, 0.25) is 0 Å². The number of hydrogen-bond donors (Lipinski definition) is 2. The second kappa shape index (κ2) is 12.4. The number of benzene rings is 2. The summed E-state index contributed by atoms with van der Waals surface area (Å²) >= 11 is 0. The van der Waals surface area contributed by atoms with Crippen LogP contribution >= 0.6 is 24.0 Å². The smallest absolute Gasteiger partial charge is 0.404 e. The summed E-state index contributed by atoms with van der Waals surface area (Å²) in [7, 11) is 0. The van der Waals surface area contributed by atoms with Gasteiger partial charge in [-0.15, -0.1) is 37.1 Å². The van der Waals surface area contributed by atoms with E-state index in [1.807, 2.05) is 30.3 Å². The molecule has 0 aliphatic carbocycles. The predicted octanol–water partition coefficient (Wildman–Crippen LogP) is 4.58. The van der Waals surface area contributed by atoms with E-state index in [-0.39, 0.29) is 41.4 Å². The Hall–Kier alpha value is -2.01. The summed E-state index contributed by atoms with van der Waals surface area (Å²) in [4.78, 5) is 4.08. The molecule has 2 aromatic rings. The van der Waals surface area contributed by atoms with Gasteiger partial charge in [0.2, 0.25) is 0 Å². The van der Waals surface area contributed by atoms with E-state index < -0.39 is 6.36 Å². The number of para-hydroxylation sites is 2. The van der Waals surface area contributed by atoms with Crippen molar-refractivity contribution in [1.82, 2.24) is 0 Å². The molecule has 2 aromatic carbocycles. The Morgan fingerprint density at radius 2 is 1.68 bits per heavy atom. The monoisotopic (exact) mass is 509 g/mol. The lowest BCUT2D eigenvalue weighted by Gasteiger charge is -2.14. The average Bonchev–Trinajstić information content (AvgIpc) is 2.62. The number of nitrogens with one attached hydrogen (secondary N) is 1. The number of aliphatic imine (C=N–C) groups is 1. The quantitative estimate of drug-likeness (QED) is 0.225. The van der Waals surface area contributed by atoms with Gasteiger partial charge in [0, 0.05) is 13.2 Å². The van der Waals surface area contributed by atoms with E-state index in [0.29, 0.717) is 26.2 Å². The molecule has 0 amide bonds. The molecule has 0 saturated carbocycles. The van der Waals surface area contributed by atoms with E-state index in [2.05, 4.69) is 15.0 Å². The van der Waals surface area contributed by atoms with Crippen LogP contribution in [0.4, 0.5) is 18.9 Å². The Bertz CT molecular complexity index is 728. The standard InChI is InChI=1S/C19H22F3N3O2.HI/c20-19(21,22)27-17-10-5-4-9-16(17)25-18(23)24-12-6-13-26-14-11-15-7-2-1-3-8-15;/h1-5,7-10H,6,11-14H2,(H3,23,24,25);1H. The van der Waals surface area contributed by atoms with E-state index in [1.54, 1.807) is 6.07 Å². The molecule has 0 aliphatic rings. The number of nitrogens with zero attached hydrogens (tertiary/aromatic N) is 1. The summed E-state index contributed by atoms with van der Waals surface area (Å²) in [5.74, 6) is -0.357. The van der Waals surface area contributed by atoms with E-state index >= 15 is 0 Å². The predicted molar refractivity (Wildman–Crippen MR) is 114 cm³/mol. The van der Waals surface area contributed by atoms with Gasteiger partial charge in [-0.05, 0) is 30.5 Å². The molecule has 0 saturated heterocycles. The van der Waals surface area contributed by atoms with Gasteiger partial charge >= 0.3 is 6.36 Å². The molecule has 0 heterocycles. The molecule has 5 nitrogen and oxygen atoms in total. The van der Waals surface area contributed by atoms with Crippen molar-refractivity contribution in [2.75, 3.05) is 25.1 Å². The Labute approximate surface area is 179 Å². The number of nitrogens with two attached hydrogens (primary N) is 1. The molecule has 3 N–H and O–H groups in total. The number of guanidine groups is 1. The second-order valence-corrected chi connectivity index (χ2v) is 5.64. The lowest BCUT2D eigenvalue weighted by molar-refractivity contribution is -0.274. The Morgan fingerprint density at radius 3 is 2.39 bits per heavy atom. The van der Waals surface area contributed by atoms with Crippen molar-refractivity contribution in [3.05, 3.63) is 60.2 Å². The SMILES string of the molecule is I.NC(=NCCCOCCc1ccccc1)Nc1ccccc1OC(F)(F)F. The highest BCUT2D eigenvalue weighted by Crippen LogP contribution is 2.29. The number of halogens is 4. The molecule has 0 bridgehead atoms. The molecule has 0 aromatic heterocycles. The normalized spacial score (nSPS) is 11.6. The molecule has 9 heteroatoms. The van der Waals surface area contributed by atoms with Crippen molar-refractivity contribution in [1.29, 1.82) is 0 Å². The third-order valence-corrected chi connectivity index (χ3v) is 3.48. The maximum Gasteiger partial charge on any atom is 0.573 e. The zero-order chi connectivity index (χ0) is 19.5. The number of anilines is 1. The van der Waals surface area contributed by atoms with Crippen LogP contribution in [0.1, 0.15) is 12.0 Å². The molecular formula is C19H23F3IN3O2. The molecule has 0 atom stereocenters. The van der Waals surface area contributed by atoms with Gasteiger partial charge in [-0.3, -0.25) is 4.99 Å². The van der Waals surface area contributed by atoms with Gasteiger partial charge in [0.1, 0.15) is 0 Å². The first-order valence-electron chi connectivity index (χ1n) is 8.47. The molecule has 0 unspecified atom stereocenters. The lowest BCUT2D eigenvalue weighted by atomic mass is 10.2. The van der Waals surface area contributed by atoms with Crippen LogP contribution in [0.3, 0.4) is 0 Å². The first-order chi connectivity index (χ1) is 12.9. The molecule has 0 spiro atoms. The molecule has 0 fully saturated rings. The van der Waals surface area contributed by atoms with Crippen LogP contribution in [-0.4, -0.2) is 32.1 Å². The van der Waals surface area contributed by atoms with Crippen molar-refractivity contribution in [3.63, 3.8) is 0 Å². The minimum atomic E-state index is -4.78. The summed E-state index contributed by atoms with van der Waals surface area (Å²) in [6, 6.07) is 15.6. The van der Waals surface area contributed by atoms with Gasteiger partial charge in [0.25, 0.3) is 0 Å². The fourth-order valence-electron chi connectivity index (χ4n) is 2.26. The summed E-state index contributed by atoms with van der Waals surface area (Å²) < 4.78 is 46.7. The second-order valence-electron chi connectivity index (χ2n) is 5.64. The van der Waals surface area contributed by atoms with Crippen molar-refractivity contribution >= 4 is 35.6 Å². The fraction of sp³-hybridized carbons (Fsp3) is 0.316. The van der Waals surface area contributed by atoms with Crippen LogP contribution in [0, 0.1) is 0 Å². The third-order valence-electron chi connectivity index (χ3n) is 3.48. The maximum absolute atomic E-state index is 12.4. The van der Waals surface area contributed by atoms with E-state index in [4.69, 9.17) is 10.5 Å². The minimum absolute atomic E-state index is 0. The topological polar surface area (TPSA) is 68.9 Å². The highest BCUT2D eigenvalue weighted by atomic mass is 127. The zero-order valence-corrected chi connectivity index (χ0v) is 17.4. The molecular weight excluding hydrogens is 486 g/mol. The van der Waals surface area contributed by atoms with E-state index in [0.717, 1.165) is 6.42 Å². The van der Waals surface area contributed by atoms with E-state index in [9.17, 15) is 13.2 Å². The van der Waals surface area contributed by atoms with E-state index in [1.165, 1.54) is 23.8 Å². The Kier molecular flexibility index (Phi) is 10.7. The van der Waals surface area contributed by atoms with Gasteiger partial charge in [-0.2, -0.15) is 0 Å². The van der Waals surface area contributed by atoms with Crippen LogP contribution in [0.5, 0.6) is 5.75 Å². The van der Waals surface area contributed by atoms with Crippen LogP contribution in [0.15, 0.2) is 59.6 Å². The summed E-state index contributed by atoms with van der Waals surface area (Å²) in [5, 5.41) is 2.62. The molecule has 2 rings (SSSR count). The fourth-order valence-corrected chi connectivity index (χ4v) is 2.26. The minimum Gasteiger partial charge on any atom is -0.404 e. The highest BCUT2D eigenvalue weighted by molar-refractivity contribution is 14.0. The van der Waals surface area contributed by atoms with Crippen LogP contribution in [0.25, 0.3) is 0 Å². The Balaban J connectivity index is 0.00000392. The van der Waals surface area contributed by atoms with Crippen molar-refractivity contribution in [2.45, 2.75) is 19.2 Å². The lowest BCUT2D eigenvalue weighted by Crippen LogP contribution is -2.24. The maximum atomic E-state index is 12.4. The first kappa shape index (κ1) is 24.0. The van der Waals surface area contributed by atoms with Crippen LogP contribution in [-0.2, 0) is 11.2 Å². The van der Waals surface area contributed by atoms with Crippen LogP contribution < -0.4 is 15.8 Å². The largest absolute Gasteiger partial charge is 0.573 e. The number of hydrogen-bond acceptors (Lipinski definition) is 3. The third kappa shape index (κ3) is 9.79. The number of alkyl halides is 3. The van der Waals surface area contributed by atoms with Crippen molar-refractivity contribution in [2.24, 2.45) is 10.7 Å². The number of ether oxygens (including phenoxy) is 2.